The third kappa shape index (κ3) is 4.75. The second-order valence-corrected chi connectivity index (χ2v) is 19.4. The Morgan fingerprint density at radius 2 is 1.11 bits per heavy atom. The second kappa shape index (κ2) is 11.2. The molecule has 5 aromatic rings. The van der Waals surface area contributed by atoms with Crippen molar-refractivity contribution in [2.75, 3.05) is 23.0 Å². The molecule has 0 radical (unpaired) electrons. The molecule has 0 aromatic heterocycles. The number of nitrogens with zero attached hydrogens (tertiary/aromatic N) is 2. The minimum atomic E-state index is 0.0202. The van der Waals surface area contributed by atoms with Crippen LogP contribution in [0.25, 0.3) is 0 Å². The van der Waals surface area contributed by atoms with Crippen LogP contribution >= 0.6 is 0 Å². The molecular formula is C49H53BN2O2. The lowest BCUT2D eigenvalue weighted by Gasteiger charge is -2.48. The van der Waals surface area contributed by atoms with Crippen LogP contribution in [0.5, 0.6) is 11.5 Å². The van der Waals surface area contributed by atoms with Crippen molar-refractivity contribution in [3.63, 3.8) is 0 Å². The molecule has 0 fully saturated rings. The molecule has 0 bridgehead atoms. The van der Waals surface area contributed by atoms with Crippen LogP contribution < -0.4 is 35.7 Å². The summed E-state index contributed by atoms with van der Waals surface area (Å²) in [5.41, 5.74) is 18.8. The molecule has 0 saturated carbocycles. The smallest absolute Gasteiger partial charge is 0.252 e. The Morgan fingerprint density at radius 1 is 0.519 bits per heavy atom. The largest absolute Gasteiger partial charge is 0.486 e. The quantitative estimate of drug-likeness (QED) is 0.167. The molecule has 3 aliphatic heterocycles. The standard InChI is InChI=1S/C49H53BN2O2/c1-30-25-40-43-41(26-30)52(31-13-11-10-12-14-31)44-37(17-18-42-45(44)54-24-23-53-42)50(43)38-28-35-36(49(8,9)22-21-48(35,6)7)29-39(38)51(40)32-15-16-33-34(27-32)47(4,5)20-19-46(33,2)3/h10-18,25-29H,19-24H2,1-9H3. The molecular weight excluding hydrogens is 659 g/mol. The van der Waals surface area contributed by atoms with Crippen molar-refractivity contribution in [1.82, 2.24) is 0 Å². The number of aryl methyl sites for hydroxylation is 1. The fourth-order valence-corrected chi connectivity index (χ4v) is 10.6. The van der Waals surface area contributed by atoms with Crippen LogP contribution in [0.2, 0.25) is 0 Å². The van der Waals surface area contributed by atoms with E-state index in [1.807, 2.05) is 0 Å². The molecule has 0 amide bonds. The van der Waals surface area contributed by atoms with Crippen molar-refractivity contribution in [2.45, 2.75) is 110 Å². The lowest BCUT2D eigenvalue weighted by molar-refractivity contribution is 0.172. The highest BCUT2D eigenvalue weighted by atomic mass is 16.6. The van der Waals surface area contributed by atoms with Crippen LogP contribution in [-0.2, 0) is 21.7 Å². The summed E-state index contributed by atoms with van der Waals surface area (Å²) in [6.45, 7) is 22.9. The van der Waals surface area contributed by atoms with Crippen molar-refractivity contribution in [2.24, 2.45) is 0 Å². The first-order valence-electron chi connectivity index (χ1n) is 20.2. The molecule has 54 heavy (non-hydrogen) atoms. The topological polar surface area (TPSA) is 24.9 Å². The minimum Gasteiger partial charge on any atom is -0.486 e. The molecule has 10 rings (SSSR count). The summed E-state index contributed by atoms with van der Waals surface area (Å²) in [6.07, 6.45) is 4.74. The van der Waals surface area contributed by atoms with Gasteiger partial charge in [0, 0.05) is 28.4 Å². The Hall–Kier alpha value is -4.64. The van der Waals surface area contributed by atoms with Gasteiger partial charge in [-0.25, -0.2) is 0 Å². The number of rotatable bonds is 2. The van der Waals surface area contributed by atoms with Gasteiger partial charge in [-0.2, -0.15) is 0 Å². The highest BCUT2D eigenvalue weighted by Gasteiger charge is 2.48. The van der Waals surface area contributed by atoms with Crippen molar-refractivity contribution < 1.29 is 9.47 Å². The van der Waals surface area contributed by atoms with E-state index in [9.17, 15) is 0 Å². The third-order valence-corrected chi connectivity index (χ3v) is 14.0. The van der Waals surface area contributed by atoms with E-state index in [4.69, 9.17) is 9.47 Å². The molecule has 2 aliphatic carbocycles. The van der Waals surface area contributed by atoms with Crippen molar-refractivity contribution in [3.8, 4) is 11.5 Å². The summed E-state index contributed by atoms with van der Waals surface area (Å²) in [5.74, 6) is 1.67. The lowest BCUT2D eigenvalue weighted by atomic mass is 9.33. The summed E-state index contributed by atoms with van der Waals surface area (Å²) in [7, 11) is 0. The van der Waals surface area contributed by atoms with Crippen LogP contribution in [0.3, 0.4) is 0 Å². The first-order chi connectivity index (χ1) is 25.7. The Labute approximate surface area is 322 Å². The molecule has 3 heterocycles. The van der Waals surface area contributed by atoms with Gasteiger partial charge in [0.25, 0.3) is 6.71 Å². The van der Waals surface area contributed by atoms with Crippen molar-refractivity contribution in [3.05, 3.63) is 113 Å². The molecule has 0 N–H and O–H groups in total. The monoisotopic (exact) mass is 712 g/mol. The molecule has 274 valence electrons. The fourth-order valence-electron chi connectivity index (χ4n) is 10.6. The van der Waals surface area contributed by atoms with E-state index in [2.05, 4.69) is 157 Å². The van der Waals surface area contributed by atoms with Crippen LogP contribution in [0.1, 0.15) is 109 Å². The van der Waals surface area contributed by atoms with Crippen LogP contribution in [0.4, 0.5) is 34.1 Å². The highest BCUT2D eigenvalue weighted by molar-refractivity contribution is 7.00. The first-order valence-corrected chi connectivity index (χ1v) is 20.2. The van der Waals surface area contributed by atoms with E-state index in [0.717, 1.165) is 22.9 Å². The number of hydrogen-bond donors (Lipinski definition) is 0. The SMILES string of the molecule is Cc1cc2c3c(c1)N(c1ccccc1)c1c(ccc4c1OCCO4)B3c1cc3c(cc1N2c1ccc2c(c1)C(C)(C)CCC2(C)C)C(C)(C)CCC3(C)C. The molecule has 5 aromatic carbocycles. The number of anilines is 6. The van der Waals surface area contributed by atoms with Gasteiger partial charge in [-0.05, 0) is 147 Å². The van der Waals surface area contributed by atoms with Gasteiger partial charge in [-0.15, -0.1) is 0 Å². The van der Waals surface area contributed by atoms with E-state index in [1.165, 1.54) is 92.6 Å². The van der Waals surface area contributed by atoms with Crippen LogP contribution in [-0.4, -0.2) is 19.9 Å². The summed E-state index contributed by atoms with van der Waals surface area (Å²) >= 11 is 0. The van der Waals surface area contributed by atoms with E-state index in [-0.39, 0.29) is 28.4 Å². The molecule has 0 saturated heterocycles. The zero-order valence-corrected chi connectivity index (χ0v) is 33.6. The summed E-state index contributed by atoms with van der Waals surface area (Å²) < 4.78 is 12.9. The van der Waals surface area contributed by atoms with Gasteiger partial charge < -0.3 is 19.3 Å². The summed E-state index contributed by atoms with van der Waals surface area (Å²) in [5, 5.41) is 0. The normalized spacial score (nSPS) is 20.3. The predicted octanol–water partition coefficient (Wildman–Crippen LogP) is 10.5. The van der Waals surface area contributed by atoms with Gasteiger partial charge in [0.1, 0.15) is 13.2 Å². The van der Waals surface area contributed by atoms with Gasteiger partial charge >= 0.3 is 0 Å². The number of fused-ring (bicyclic) bond motifs is 8. The van der Waals surface area contributed by atoms with E-state index < -0.39 is 0 Å². The number of para-hydroxylation sites is 1. The zero-order valence-electron chi connectivity index (χ0n) is 33.6. The molecule has 5 heteroatoms. The van der Waals surface area contributed by atoms with Gasteiger partial charge in [-0.1, -0.05) is 91.8 Å². The summed E-state index contributed by atoms with van der Waals surface area (Å²) in [6, 6.07) is 32.8. The average molecular weight is 713 g/mol. The second-order valence-electron chi connectivity index (χ2n) is 19.4. The number of benzene rings is 5. The number of ether oxygens (including phenoxy) is 2. The predicted molar refractivity (Wildman–Crippen MR) is 227 cm³/mol. The maximum atomic E-state index is 6.60. The minimum absolute atomic E-state index is 0.0202. The molecule has 5 aliphatic rings. The Kier molecular flexibility index (Phi) is 7.04. The van der Waals surface area contributed by atoms with E-state index in [0.29, 0.717) is 13.2 Å². The molecule has 0 spiro atoms. The maximum absolute atomic E-state index is 6.60. The Morgan fingerprint density at radius 3 is 1.80 bits per heavy atom. The van der Waals surface area contributed by atoms with Gasteiger partial charge in [0.2, 0.25) is 0 Å². The third-order valence-electron chi connectivity index (χ3n) is 14.0. The number of hydrogen-bond acceptors (Lipinski definition) is 4. The van der Waals surface area contributed by atoms with Gasteiger partial charge in [-0.3, -0.25) is 0 Å². The van der Waals surface area contributed by atoms with E-state index >= 15 is 0 Å². The van der Waals surface area contributed by atoms with Gasteiger partial charge in [0.05, 0.1) is 5.69 Å². The first kappa shape index (κ1) is 33.9. The fraction of sp³-hybridized carbons (Fsp3) is 0.388. The zero-order chi connectivity index (χ0) is 37.5. The highest BCUT2D eigenvalue weighted by Crippen LogP contribution is 2.54. The maximum Gasteiger partial charge on any atom is 0.252 e. The average Bonchev–Trinajstić information content (AvgIpc) is 3.15. The molecule has 0 unspecified atom stereocenters. The molecule has 0 atom stereocenters. The lowest BCUT2D eigenvalue weighted by Crippen LogP contribution is -2.62. The Bertz CT molecular complexity index is 2390. The Balaban J connectivity index is 1.33. The molecule has 4 nitrogen and oxygen atoms in total. The van der Waals surface area contributed by atoms with Crippen molar-refractivity contribution in [1.29, 1.82) is 0 Å². The summed E-state index contributed by atoms with van der Waals surface area (Å²) in [4.78, 5) is 5.10. The van der Waals surface area contributed by atoms with Crippen LogP contribution in [0.15, 0.2) is 84.9 Å². The van der Waals surface area contributed by atoms with E-state index in [1.54, 1.807) is 0 Å². The van der Waals surface area contributed by atoms with Crippen LogP contribution in [0, 0.1) is 6.92 Å². The van der Waals surface area contributed by atoms with Gasteiger partial charge in [0.15, 0.2) is 11.5 Å². The van der Waals surface area contributed by atoms with Crippen molar-refractivity contribution >= 4 is 57.2 Å².